The Morgan fingerprint density at radius 1 is 1.12 bits per heavy atom. The molecule has 0 saturated heterocycles. The number of fused-ring (bicyclic) bond motifs is 1. The summed E-state index contributed by atoms with van der Waals surface area (Å²) in [4.78, 5) is 24.7. The monoisotopic (exact) mass is 476 g/mol. The maximum Gasteiger partial charge on any atom is 0.416 e. The van der Waals surface area contributed by atoms with Gasteiger partial charge >= 0.3 is 12.1 Å². The van der Waals surface area contributed by atoms with Crippen molar-refractivity contribution in [3.05, 3.63) is 64.7 Å². The van der Waals surface area contributed by atoms with Gasteiger partial charge in [0, 0.05) is 18.9 Å². The number of phenols is 1. The average Bonchev–Trinajstić information content (AvgIpc) is 2.76. The number of ketones is 1. The van der Waals surface area contributed by atoms with Crippen molar-refractivity contribution in [1.29, 1.82) is 0 Å². The molecule has 0 spiro atoms. The minimum absolute atomic E-state index is 0.0114. The van der Waals surface area contributed by atoms with Gasteiger partial charge < -0.3 is 14.6 Å². The van der Waals surface area contributed by atoms with Crippen molar-refractivity contribution in [2.75, 3.05) is 0 Å². The third-order valence-corrected chi connectivity index (χ3v) is 5.48. The summed E-state index contributed by atoms with van der Waals surface area (Å²) in [5.74, 6) is -0.680. The fraction of sp³-hybridized carbons (Fsp3) is 0.385. The van der Waals surface area contributed by atoms with Gasteiger partial charge in [-0.25, -0.2) is 4.79 Å². The highest BCUT2D eigenvalue weighted by Crippen LogP contribution is 2.32. The van der Waals surface area contributed by atoms with Gasteiger partial charge in [0.05, 0.1) is 11.7 Å². The van der Waals surface area contributed by atoms with Crippen LogP contribution < -0.4 is 4.74 Å². The number of carbonyl (C=O) groups is 2. The van der Waals surface area contributed by atoms with Crippen molar-refractivity contribution in [3.63, 3.8) is 0 Å². The number of carbonyl (C=O) groups excluding carboxylic acids is 2. The summed E-state index contributed by atoms with van der Waals surface area (Å²) in [6.45, 7) is 1.57. The van der Waals surface area contributed by atoms with Gasteiger partial charge in [-0.2, -0.15) is 13.2 Å². The average molecular weight is 476 g/mol. The number of aromatic hydroxyl groups is 1. The quantitative estimate of drug-likeness (QED) is 0.514. The normalized spacial score (nSPS) is 18.1. The number of cyclic esters (lactones) is 1. The first-order chi connectivity index (χ1) is 16.1. The number of esters is 1. The molecule has 1 atom stereocenters. The van der Waals surface area contributed by atoms with E-state index in [2.05, 4.69) is 0 Å². The molecule has 3 rings (SSSR count). The maximum atomic E-state index is 13.0. The first-order valence-electron chi connectivity index (χ1n) is 11.2. The Morgan fingerprint density at radius 2 is 1.88 bits per heavy atom. The third kappa shape index (κ3) is 7.10. The molecule has 2 aromatic carbocycles. The van der Waals surface area contributed by atoms with Crippen LogP contribution in [0.15, 0.2) is 42.5 Å². The molecule has 1 aliphatic rings. The van der Waals surface area contributed by atoms with E-state index in [4.69, 9.17) is 9.47 Å². The van der Waals surface area contributed by atoms with Crippen LogP contribution in [-0.2, 0) is 22.3 Å². The zero-order chi connectivity index (χ0) is 24.7. The van der Waals surface area contributed by atoms with Gasteiger partial charge in [-0.3, -0.25) is 4.79 Å². The highest BCUT2D eigenvalue weighted by Gasteiger charge is 2.30. The minimum Gasteiger partial charge on any atom is -0.507 e. The predicted octanol–water partition coefficient (Wildman–Crippen LogP) is 6.47. The first kappa shape index (κ1) is 25.3. The number of Topliss-reactive ketones (excluding diaryl/α,β-unsaturated/α-hetero) is 1. The molecule has 5 nitrogen and oxygen atoms in total. The van der Waals surface area contributed by atoms with Crippen molar-refractivity contribution < 1.29 is 37.3 Å². The molecule has 8 heteroatoms. The number of alkyl halides is 3. The molecule has 0 aliphatic carbocycles. The molecule has 34 heavy (non-hydrogen) atoms. The van der Waals surface area contributed by atoms with Crippen molar-refractivity contribution in [2.45, 2.75) is 64.3 Å². The smallest absolute Gasteiger partial charge is 0.416 e. The lowest BCUT2D eigenvalue weighted by atomic mass is 10.0. The van der Waals surface area contributed by atoms with Gasteiger partial charge in [-0.1, -0.05) is 24.3 Å². The number of hydrogen-bond acceptors (Lipinski definition) is 5. The first-order valence-corrected chi connectivity index (χ1v) is 11.2. The summed E-state index contributed by atoms with van der Waals surface area (Å²) in [7, 11) is 0. The van der Waals surface area contributed by atoms with E-state index in [0.29, 0.717) is 49.7 Å². The maximum absolute atomic E-state index is 13.0. The van der Waals surface area contributed by atoms with Gasteiger partial charge in [0.1, 0.15) is 29.5 Å². The molecule has 0 amide bonds. The Balaban J connectivity index is 1.84. The van der Waals surface area contributed by atoms with Gasteiger partial charge in [0.2, 0.25) is 0 Å². The second-order valence-corrected chi connectivity index (χ2v) is 8.33. The molecule has 0 bridgehead atoms. The molecule has 0 saturated carbocycles. The number of halogens is 3. The third-order valence-electron chi connectivity index (χ3n) is 5.48. The van der Waals surface area contributed by atoms with E-state index < -0.39 is 23.8 Å². The number of hydrogen-bond donors (Lipinski definition) is 1. The second-order valence-electron chi connectivity index (χ2n) is 8.33. The van der Waals surface area contributed by atoms with E-state index in [0.717, 1.165) is 12.1 Å². The van der Waals surface area contributed by atoms with Crippen LogP contribution in [0.4, 0.5) is 13.2 Å². The van der Waals surface area contributed by atoms with E-state index in [9.17, 15) is 27.9 Å². The van der Waals surface area contributed by atoms with Crippen molar-refractivity contribution in [3.8, 4) is 11.5 Å². The predicted molar refractivity (Wildman–Crippen MR) is 121 cm³/mol. The molecule has 1 unspecified atom stereocenters. The lowest BCUT2D eigenvalue weighted by Gasteiger charge is -2.17. The Labute approximate surface area is 196 Å². The standard InChI is InChI=1S/C26H27F3O5/c1-17-7-5-12-21(30)11-4-2-3-9-19-14-22(15-23(31)24(19)25(32)34-17)33-16-18-8-6-10-20(13-18)26(27,28)29/h3,6,8-10,13-15,17,31H,2,4-5,7,11-12,16H2,1H3. The molecular weight excluding hydrogens is 449 g/mol. The van der Waals surface area contributed by atoms with E-state index in [-0.39, 0.29) is 29.5 Å². The molecular formula is C26H27F3O5. The van der Waals surface area contributed by atoms with Crippen LogP contribution in [0.2, 0.25) is 0 Å². The summed E-state index contributed by atoms with van der Waals surface area (Å²) >= 11 is 0. The Morgan fingerprint density at radius 3 is 2.65 bits per heavy atom. The van der Waals surface area contributed by atoms with E-state index in [1.165, 1.54) is 24.3 Å². The van der Waals surface area contributed by atoms with E-state index >= 15 is 0 Å². The van der Waals surface area contributed by atoms with Gasteiger partial charge in [-0.05, 0) is 61.9 Å². The number of ether oxygens (including phenoxy) is 2. The second kappa shape index (κ2) is 11.2. The minimum atomic E-state index is -4.46. The number of rotatable bonds is 3. The van der Waals surface area contributed by atoms with Crippen LogP contribution in [-0.4, -0.2) is 23.0 Å². The summed E-state index contributed by atoms with van der Waals surface area (Å²) < 4.78 is 49.9. The lowest BCUT2D eigenvalue weighted by Crippen LogP contribution is -2.17. The molecule has 1 N–H and O–H groups in total. The zero-order valence-corrected chi connectivity index (χ0v) is 18.9. The van der Waals surface area contributed by atoms with Crippen LogP contribution in [0.25, 0.3) is 6.08 Å². The number of phenolic OH excluding ortho intramolecular Hbond substituents is 1. The highest BCUT2D eigenvalue weighted by atomic mass is 19.4. The van der Waals surface area contributed by atoms with Crippen LogP contribution >= 0.6 is 0 Å². The topological polar surface area (TPSA) is 72.8 Å². The van der Waals surface area contributed by atoms with Gasteiger partial charge in [0.25, 0.3) is 0 Å². The Kier molecular flexibility index (Phi) is 8.36. The van der Waals surface area contributed by atoms with Crippen molar-refractivity contribution in [2.24, 2.45) is 0 Å². The van der Waals surface area contributed by atoms with Gasteiger partial charge in [-0.15, -0.1) is 0 Å². The van der Waals surface area contributed by atoms with Crippen LogP contribution in [0.1, 0.15) is 72.5 Å². The highest BCUT2D eigenvalue weighted by molar-refractivity contribution is 5.97. The Bertz CT molecular complexity index is 1060. The van der Waals surface area contributed by atoms with Crippen LogP contribution in [0, 0.1) is 0 Å². The lowest BCUT2D eigenvalue weighted by molar-refractivity contribution is -0.137. The number of benzene rings is 2. The van der Waals surface area contributed by atoms with Crippen molar-refractivity contribution in [1.82, 2.24) is 0 Å². The molecule has 2 aromatic rings. The molecule has 0 aromatic heterocycles. The van der Waals surface area contributed by atoms with E-state index in [1.54, 1.807) is 19.1 Å². The zero-order valence-electron chi connectivity index (χ0n) is 18.9. The molecule has 0 radical (unpaired) electrons. The largest absolute Gasteiger partial charge is 0.507 e. The molecule has 1 heterocycles. The summed E-state index contributed by atoms with van der Waals surface area (Å²) in [5, 5.41) is 10.6. The fourth-order valence-electron chi connectivity index (χ4n) is 3.70. The van der Waals surface area contributed by atoms with Crippen LogP contribution in [0.3, 0.4) is 0 Å². The molecule has 1 aliphatic heterocycles. The SMILES string of the molecule is CC1CCCC(=O)CCCC=Cc2cc(OCc3cccc(C(F)(F)F)c3)cc(O)c2C(=O)O1. The fourth-order valence-corrected chi connectivity index (χ4v) is 3.70. The summed E-state index contributed by atoms with van der Waals surface area (Å²) in [5.41, 5.74) is -0.121. The Hall–Kier alpha value is -3.29. The van der Waals surface area contributed by atoms with E-state index in [1.807, 2.05) is 0 Å². The van der Waals surface area contributed by atoms with Crippen molar-refractivity contribution >= 4 is 17.8 Å². The molecule has 182 valence electrons. The van der Waals surface area contributed by atoms with Gasteiger partial charge in [0.15, 0.2) is 0 Å². The summed E-state index contributed by atoms with van der Waals surface area (Å²) in [6, 6.07) is 7.56. The molecule has 0 fully saturated rings. The number of allylic oxidation sites excluding steroid dienone is 1. The van der Waals surface area contributed by atoms with Crippen LogP contribution in [0.5, 0.6) is 11.5 Å². The summed E-state index contributed by atoms with van der Waals surface area (Å²) in [6.07, 6.45) is 1.88.